The number of anilines is 2. The molecular weight excluding hydrogens is 466 g/mol. The van der Waals surface area contributed by atoms with Crippen molar-refractivity contribution in [2.45, 2.75) is 38.1 Å². The Hall–Kier alpha value is -3.00. The molecule has 188 valence electrons. The number of nitrogens with zero attached hydrogens (tertiary/aromatic N) is 4. The van der Waals surface area contributed by atoms with Crippen molar-refractivity contribution < 1.29 is 14.3 Å². The highest BCUT2D eigenvalue weighted by Gasteiger charge is 2.42. The lowest BCUT2D eigenvalue weighted by Crippen LogP contribution is -2.44. The van der Waals surface area contributed by atoms with Crippen molar-refractivity contribution in [2.75, 3.05) is 50.5 Å². The fraction of sp³-hybridized carbons (Fsp3) is 0.500. The molecule has 3 heterocycles. The molecule has 2 aliphatic rings. The van der Waals surface area contributed by atoms with Gasteiger partial charge in [-0.3, -0.25) is 4.79 Å². The zero-order valence-corrected chi connectivity index (χ0v) is 21.2. The summed E-state index contributed by atoms with van der Waals surface area (Å²) in [5.74, 6) is 1.00. The van der Waals surface area contributed by atoms with E-state index in [4.69, 9.17) is 22.1 Å². The van der Waals surface area contributed by atoms with Crippen LogP contribution in [-0.4, -0.2) is 72.7 Å². The van der Waals surface area contributed by atoms with Crippen molar-refractivity contribution in [1.82, 2.24) is 14.8 Å². The molecule has 0 bridgehead atoms. The highest BCUT2D eigenvalue weighted by Crippen LogP contribution is 2.34. The lowest BCUT2D eigenvalue weighted by Gasteiger charge is -2.34. The monoisotopic (exact) mass is 499 g/mol. The van der Waals surface area contributed by atoms with Gasteiger partial charge in [0.2, 0.25) is 5.91 Å². The van der Waals surface area contributed by atoms with Gasteiger partial charge in [0.05, 0.1) is 24.5 Å². The van der Waals surface area contributed by atoms with Crippen LogP contribution >= 0.6 is 11.6 Å². The number of amides is 2. The molecule has 2 saturated heterocycles. The van der Waals surface area contributed by atoms with Crippen LogP contribution in [0.2, 0.25) is 5.02 Å². The van der Waals surface area contributed by atoms with Gasteiger partial charge in [0, 0.05) is 50.1 Å². The van der Waals surface area contributed by atoms with Gasteiger partial charge in [-0.2, -0.15) is 0 Å². The molecule has 4 rings (SSSR count). The van der Waals surface area contributed by atoms with Gasteiger partial charge in [0.25, 0.3) is 0 Å². The van der Waals surface area contributed by atoms with Crippen molar-refractivity contribution in [3.8, 4) is 0 Å². The fourth-order valence-corrected chi connectivity index (χ4v) is 5.15. The van der Waals surface area contributed by atoms with Crippen LogP contribution in [0.15, 0.2) is 42.6 Å². The van der Waals surface area contributed by atoms with Crippen LogP contribution < -0.4 is 10.6 Å². The quantitative estimate of drug-likeness (QED) is 0.645. The van der Waals surface area contributed by atoms with Crippen LogP contribution in [0.3, 0.4) is 0 Å². The van der Waals surface area contributed by atoms with Gasteiger partial charge in [0.15, 0.2) is 0 Å². The van der Waals surface area contributed by atoms with E-state index in [1.165, 1.54) is 0 Å². The summed E-state index contributed by atoms with van der Waals surface area (Å²) < 4.78 is 5.39. The van der Waals surface area contributed by atoms with Crippen LogP contribution in [-0.2, 0) is 9.53 Å². The van der Waals surface area contributed by atoms with Crippen molar-refractivity contribution >= 4 is 35.1 Å². The van der Waals surface area contributed by atoms with Crippen molar-refractivity contribution in [2.24, 2.45) is 5.92 Å². The maximum Gasteiger partial charge on any atom is 0.409 e. The van der Waals surface area contributed by atoms with E-state index in [1.807, 2.05) is 48.2 Å². The standard InChI is InChI=1S/C26H34ClN5O3/c1-3-14-35-26(34)30(2)23-17-32(16-22(23)18-4-6-20(27)7-5-18)25(33)19-10-12-31(13-11-19)24-9-8-21(28)15-29-24/h4-9,15,19,22-23H,3,10-14,16-17,28H2,1-2H3/t22-,23+/m0/s1. The van der Waals surface area contributed by atoms with Crippen LogP contribution in [0.25, 0.3) is 0 Å². The average molecular weight is 500 g/mol. The molecule has 0 unspecified atom stereocenters. The average Bonchev–Trinajstić information content (AvgIpc) is 3.33. The number of piperidine rings is 1. The number of carbonyl (C=O) groups excluding carboxylic acids is 2. The number of hydrogen-bond donors (Lipinski definition) is 1. The third kappa shape index (κ3) is 5.81. The molecule has 2 aliphatic heterocycles. The summed E-state index contributed by atoms with van der Waals surface area (Å²) in [7, 11) is 1.76. The summed E-state index contributed by atoms with van der Waals surface area (Å²) in [4.78, 5) is 36.4. The van der Waals surface area contributed by atoms with E-state index in [2.05, 4.69) is 9.88 Å². The molecular formula is C26H34ClN5O3. The Morgan fingerprint density at radius 3 is 2.49 bits per heavy atom. The summed E-state index contributed by atoms with van der Waals surface area (Å²) in [6, 6.07) is 11.3. The van der Waals surface area contributed by atoms with Gasteiger partial charge in [-0.25, -0.2) is 9.78 Å². The second-order valence-electron chi connectivity index (χ2n) is 9.40. The Morgan fingerprint density at radius 1 is 1.14 bits per heavy atom. The number of pyridine rings is 1. The molecule has 35 heavy (non-hydrogen) atoms. The van der Waals surface area contributed by atoms with Gasteiger partial charge in [-0.05, 0) is 49.1 Å². The molecule has 2 aromatic rings. The Bertz CT molecular complexity index is 1010. The Kier molecular flexibility index (Phi) is 8.00. The van der Waals surface area contributed by atoms with Crippen molar-refractivity contribution in [3.63, 3.8) is 0 Å². The molecule has 0 aliphatic carbocycles. The summed E-state index contributed by atoms with van der Waals surface area (Å²) >= 11 is 6.11. The van der Waals surface area contributed by atoms with E-state index >= 15 is 0 Å². The summed E-state index contributed by atoms with van der Waals surface area (Å²) in [5.41, 5.74) is 7.46. The molecule has 0 radical (unpaired) electrons. The van der Waals surface area contributed by atoms with Gasteiger partial charge >= 0.3 is 6.09 Å². The number of hydrogen-bond acceptors (Lipinski definition) is 6. The lowest BCUT2D eigenvalue weighted by molar-refractivity contribution is -0.135. The van der Waals surface area contributed by atoms with Gasteiger partial charge in [-0.1, -0.05) is 30.7 Å². The van der Waals surface area contributed by atoms with Gasteiger partial charge in [0.1, 0.15) is 5.82 Å². The first-order valence-corrected chi connectivity index (χ1v) is 12.7. The Balaban J connectivity index is 1.44. The van der Waals surface area contributed by atoms with Crippen LogP contribution in [0.1, 0.15) is 37.7 Å². The second kappa shape index (κ2) is 11.2. The molecule has 9 heteroatoms. The molecule has 8 nitrogen and oxygen atoms in total. The molecule has 1 aromatic carbocycles. The zero-order valence-electron chi connectivity index (χ0n) is 20.4. The first-order valence-electron chi connectivity index (χ1n) is 12.3. The van der Waals surface area contributed by atoms with E-state index in [0.29, 0.717) is 30.4 Å². The number of carbonyl (C=O) groups is 2. The summed E-state index contributed by atoms with van der Waals surface area (Å²) in [6.07, 6.45) is 3.61. The van der Waals surface area contributed by atoms with E-state index in [9.17, 15) is 9.59 Å². The highest BCUT2D eigenvalue weighted by atomic mass is 35.5. The van der Waals surface area contributed by atoms with Crippen LogP contribution in [0, 0.1) is 5.92 Å². The van der Waals surface area contributed by atoms with Gasteiger partial charge in [-0.15, -0.1) is 0 Å². The number of nitrogen functional groups attached to an aromatic ring is 1. The third-order valence-electron chi connectivity index (χ3n) is 7.05. The molecule has 2 atom stereocenters. The molecule has 2 N–H and O–H groups in total. The minimum atomic E-state index is -0.352. The number of halogens is 1. The first-order chi connectivity index (χ1) is 16.9. The minimum Gasteiger partial charge on any atom is -0.449 e. The normalized spacial score (nSPS) is 20.7. The van der Waals surface area contributed by atoms with Crippen molar-refractivity contribution in [1.29, 1.82) is 0 Å². The lowest BCUT2D eigenvalue weighted by atomic mass is 9.93. The summed E-state index contributed by atoms with van der Waals surface area (Å²) in [6.45, 7) is 4.95. The fourth-order valence-electron chi connectivity index (χ4n) is 5.02. The number of likely N-dealkylation sites (N-methyl/N-ethyl adjacent to an activating group) is 1. The predicted octanol–water partition coefficient (Wildman–Crippen LogP) is 4.01. The summed E-state index contributed by atoms with van der Waals surface area (Å²) in [5, 5.41) is 0.661. The Morgan fingerprint density at radius 2 is 1.86 bits per heavy atom. The molecule has 1 aromatic heterocycles. The van der Waals surface area contributed by atoms with E-state index in [1.54, 1.807) is 18.1 Å². The van der Waals surface area contributed by atoms with Crippen LogP contribution in [0.5, 0.6) is 0 Å². The molecule has 0 spiro atoms. The van der Waals surface area contributed by atoms with Crippen molar-refractivity contribution in [3.05, 3.63) is 53.2 Å². The maximum absolute atomic E-state index is 13.5. The molecule has 2 fully saturated rings. The number of rotatable bonds is 6. The van der Waals surface area contributed by atoms with E-state index in [-0.39, 0.29) is 29.9 Å². The Labute approximate surface area is 212 Å². The number of benzene rings is 1. The maximum atomic E-state index is 13.5. The molecule has 0 saturated carbocycles. The van der Waals surface area contributed by atoms with Gasteiger partial charge < -0.3 is 25.2 Å². The number of nitrogens with two attached hydrogens (primary N) is 1. The second-order valence-corrected chi connectivity index (χ2v) is 9.84. The smallest absolute Gasteiger partial charge is 0.409 e. The third-order valence-corrected chi connectivity index (χ3v) is 7.30. The minimum absolute atomic E-state index is 0.00513. The number of ether oxygens (including phenoxy) is 1. The van der Waals surface area contributed by atoms with E-state index in [0.717, 1.165) is 43.7 Å². The highest BCUT2D eigenvalue weighted by molar-refractivity contribution is 6.30. The first kappa shape index (κ1) is 25.1. The zero-order chi connectivity index (χ0) is 24.9. The largest absolute Gasteiger partial charge is 0.449 e. The predicted molar refractivity (Wildman–Crippen MR) is 138 cm³/mol. The van der Waals surface area contributed by atoms with E-state index < -0.39 is 0 Å². The SMILES string of the molecule is CCCOC(=O)N(C)[C@@H]1CN(C(=O)C2CCN(c3ccc(N)cn3)CC2)C[C@H]1c1ccc(Cl)cc1. The number of likely N-dealkylation sites (tertiary alicyclic amines) is 1. The number of aromatic nitrogens is 1. The molecule has 2 amide bonds. The topological polar surface area (TPSA) is 92.0 Å². The van der Waals surface area contributed by atoms with Crippen LogP contribution in [0.4, 0.5) is 16.3 Å².